The minimum absolute atomic E-state index is 0.0961. The van der Waals surface area contributed by atoms with Gasteiger partial charge in [-0.3, -0.25) is 4.79 Å². The lowest BCUT2D eigenvalue weighted by molar-refractivity contribution is -0.116. The van der Waals surface area contributed by atoms with Crippen molar-refractivity contribution in [3.05, 3.63) is 47.5 Å². The zero-order chi connectivity index (χ0) is 13.0. The van der Waals surface area contributed by atoms with Crippen molar-refractivity contribution in [1.29, 1.82) is 5.26 Å². The van der Waals surface area contributed by atoms with Gasteiger partial charge >= 0.3 is 0 Å². The summed E-state index contributed by atoms with van der Waals surface area (Å²) in [6, 6.07) is 8.63. The van der Waals surface area contributed by atoms with Crippen molar-refractivity contribution in [2.75, 3.05) is 5.32 Å². The highest BCUT2D eigenvalue weighted by Crippen LogP contribution is 2.10. The van der Waals surface area contributed by atoms with E-state index in [1.165, 1.54) is 10.8 Å². The number of rotatable bonds is 3. The number of nitriles is 1. The average Bonchev–Trinajstić information content (AvgIpc) is 2.76. The van der Waals surface area contributed by atoms with E-state index >= 15 is 0 Å². The van der Waals surface area contributed by atoms with E-state index in [1.54, 1.807) is 30.5 Å². The molecule has 0 saturated carbocycles. The van der Waals surface area contributed by atoms with Gasteiger partial charge < -0.3 is 9.88 Å². The molecule has 5 nitrogen and oxygen atoms in total. The van der Waals surface area contributed by atoms with E-state index in [0.29, 0.717) is 11.3 Å². The highest BCUT2D eigenvalue weighted by atomic mass is 35.5. The number of hydrogen-bond acceptors (Lipinski definition) is 3. The summed E-state index contributed by atoms with van der Waals surface area (Å²) in [6.45, 7) is 0.0961. The largest absolute Gasteiger partial charge is 0.325 e. The van der Waals surface area contributed by atoms with Crippen molar-refractivity contribution in [3.63, 3.8) is 0 Å². The predicted octanol–water partition coefficient (Wildman–Crippen LogP) is 2.05. The van der Waals surface area contributed by atoms with E-state index in [9.17, 15) is 4.79 Å². The Hall–Kier alpha value is -2.32. The minimum Gasteiger partial charge on any atom is -0.325 e. The molecular weight excluding hydrogens is 252 g/mol. The van der Waals surface area contributed by atoms with E-state index in [0.717, 1.165) is 0 Å². The molecule has 0 unspecified atom stereocenters. The molecule has 2 aromatic rings. The number of imidazole rings is 1. The Kier molecular flexibility index (Phi) is 3.60. The zero-order valence-electron chi connectivity index (χ0n) is 9.30. The topological polar surface area (TPSA) is 70.7 Å². The summed E-state index contributed by atoms with van der Waals surface area (Å²) in [5, 5.41) is 11.6. The minimum atomic E-state index is -0.209. The Morgan fingerprint density at radius 2 is 2.17 bits per heavy atom. The quantitative estimate of drug-likeness (QED) is 0.918. The van der Waals surface area contributed by atoms with E-state index in [4.69, 9.17) is 16.9 Å². The van der Waals surface area contributed by atoms with E-state index in [-0.39, 0.29) is 17.7 Å². The van der Waals surface area contributed by atoms with Crippen molar-refractivity contribution in [1.82, 2.24) is 9.55 Å². The van der Waals surface area contributed by atoms with Gasteiger partial charge in [0.2, 0.25) is 11.2 Å². The lowest BCUT2D eigenvalue weighted by atomic mass is 10.2. The SMILES string of the molecule is N#Cc1ccc(NC(=O)Cn2ccnc2Cl)cc1. The molecule has 2 rings (SSSR count). The van der Waals surface area contributed by atoms with Crippen LogP contribution in [0.25, 0.3) is 0 Å². The third-order valence-corrected chi connectivity index (χ3v) is 2.59. The third-order valence-electron chi connectivity index (χ3n) is 2.28. The van der Waals surface area contributed by atoms with Crippen LogP contribution in [-0.4, -0.2) is 15.5 Å². The molecule has 0 aliphatic carbocycles. The van der Waals surface area contributed by atoms with Crippen molar-refractivity contribution in [2.45, 2.75) is 6.54 Å². The summed E-state index contributed by atoms with van der Waals surface area (Å²) >= 11 is 5.76. The number of benzene rings is 1. The van der Waals surface area contributed by atoms with Crippen LogP contribution in [0.3, 0.4) is 0 Å². The van der Waals surface area contributed by atoms with E-state index in [1.807, 2.05) is 6.07 Å². The van der Waals surface area contributed by atoms with Crippen LogP contribution in [0.15, 0.2) is 36.7 Å². The van der Waals surface area contributed by atoms with Crippen LogP contribution in [-0.2, 0) is 11.3 Å². The third kappa shape index (κ3) is 2.87. The number of nitrogens with one attached hydrogen (secondary N) is 1. The first-order chi connectivity index (χ1) is 8.69. The van der Waals surface area contributed by atoms with E-state index < -0.39 is 0 Å². The lowest BCUT2D eigenvalue weighted by Gasteiger charge is -2.06. The van der Waals surface area contributed by atoms with Crippen LogP contribution in [0.2, 0.25) is 5.28 Å². The molecule has 0 saturated heterocycles. The standard InChI is InChI=1S/C12H9ClN4O/c13-12-15-5-6-17(12)8-11(18)16-10-3-1-9(7-14)2-4-10/h1-6H,8H2,(H,16,18). The number of halogens is 1. The molecule has 0 spiro atoms. The molecule has 1 N–H and O–H groups in total. The number of carbonyl (C=O) groups is 1. The molecule has 0 aliphatic rings. The smallest absolute Gasteiger partial charge is 0.244 e. The van der Waals surface area contributed by atoms with Gasteiger partial charge in [0, 0.05) is 18.1 Å². The monoisotopic (exact) mass is 260 g/mol. The second-order valence-corrected chi connectivity index (χ2v) is 3.90. The first-order valence-electron chi connectivity index (χ1n) is 5.15. The molecule has 90 valence electrons. The second-order valence-electron chi connectivity index (χ2n) is 3.56. The normalized spacial score (nSPS) is 9.78. The Morgan fingerprint density at radius 3 is 2.72 bits per heavy atom. The van der Waals surface area contributed by atoms with Gasteiger partial charge in [0.05, 0.1) is 11.6 Å². The Morgan fingerprint density at radius 1 is 1.44 bits per heavy atom. The number of hydrogen-bond donors (Lipinski definition) is 1. The molecule has 1 amide bonds. The maximum atomic E-state index is 11.7. The maximum absolute atomic E-state index is 11.7. The fourth-order valence-corrected chi connectivity index (χ4v) is 1.58. The molecule has 0 bridgehead atoms. The summed E-state index contributed by atoms with van der Waals surface area (Å²) in [7, 11) is 0. The average molecular weight is 261 g/mol. The molecule has 1 aromatic heterocycles. The molecule has 1 aromatic carbocycles. The van der Waals surface area contributed by atoms with Crippen LogP contribution in [0.5, 0.6) is 0 Å². The molecule has 0 atom stereocenters. The van der Waals surface area contributed by atoms with Gasteiger partial charge in [-0.25, -0.2) is 4.98 Å². The summed E-state index contributed by atoms with van der Waals surface area (Å²) in [5.74, 6) is -0.209. The maximum Gasteiger partial charge on any atom is 0.244 e. The highest BCUT2D eigenvalue weighted by molar-refractivity contribution is 6.28. The fourth-order valence-electron chi connectivity index (χ4n) is 1.41. The van der Waals surface area contributed by atoms with Crippen molar-refractivity contribution in [2.24, 2.45) is 0 Å². The van der Waals surface area contributed by atoms with Gasteiger partial charge in [0.15, 0.2) is 0 Å². The number of nitrogens with zero attached hydrogens (tertiary/aromatic N) is 3. The number of anilines is 1. The highest BCUT2D eigenvalue weighted by Gasteiger charge is 2.06. The second kappa shape index (κ2) is 5.34. The van der Waals surface area contributed by atoms with Crippen molar-refractivity contribution in [3.8, 4) is 6.07 Å². The van der Waals surface area contributed by atoms with Crippen molar-refractivity contribution >= 4 is 23.2 Å². The molecule has 0 fully saturated rings. The van der Waals surface area contributed by atoms with E-state index in [2.05, 4.69) is 10.3 Å². The van der Waals surface area contributed by atoms with Gasteiger partial charge in [-0.1, -0.05) is 0 Å². The summed E-state index contributed by atoms with van der Waals surface area (Å²) in [5.41, 5.74) is 1.18. The molecule has 18 heavy (non-hydrogen) atoms. The summed E-state index contributed by atoms with van der Waals surface area (Å²) < 4.78 is 1.53. The number of aromatic nitrogens is 2. The predicted molar refractivity (Wildman–Crippen MR) is 67.0 cm³/mol. The summed E-state index contributed by atoms with van der Waals surface area (Å²) in [6.07, 6.45) is 3.15. The number of amides is 1. The molecule has 0 aliphatic heterocycles. The van der Waals surface area contributed by atoms with Crippen LogP contribution in [0, 0.1) is 11.3 Å². The molecular formula is C12H9ClN4O. The number of carbonyl (C=O) groups excluding carboxylic acids is 1. The Bertz CT molecular complexity index is 597. The lowest BCUT2D eigenvalue weighted by Crippen LogP contribution is -2.18. The Balaban J connectivity index is 1.99. The van der Waals surface area contributed by atoms with Gasteiger partial charge in [0.25, 0.3) is 0 Å². The summed E-state index contributed by atoms with van der Waals surface area (Å²) in [4.78, 5) is 15.5. The zero-order valence-corrected chi connectivity index (χ0v) is 10.1. The van der Waals surface area contributed by atoms with Gasteiger partial charge in [-0.05, 0) is 35.9 Å². The van der Waals surface area contributed by atoms with Gasteiger partial charge in [0.1, 0.15) is 6.54 Å². The molecule has 6 heteroatoms. The van der Waals surface area contributed by atoms with Crippen molar-refractivity contribution < 1.29 is 4.79 Å². The molecule has 1 heterocycles. The van der Waals surface area contributed by atoms with Gasteiger partial charge in [-0.15, -0.1) is 0 Å². The molecule has 0 radical (unpaired) electrons. The van der Waals surface area contributed by atoms with Crippen LogP contribution >= 0.6 is 11.6 Å². The first-order valence-corrected chi connectivity index (χ1v) is 5.53. The van der Waals surface area contributed by atoms with Crippen LogP contribution in [0.1, 0.15) is 5.56 Å². The van der Waals surface area contributed by atoms with Crippen LogP contribution < -0.4 is 5.32 Å². The Labute approximate surface area is 109 Å². The fraction of sp³-hybridized carbons (Fsp3) is 0.0833. The first kappa shape index (κ1) is 12.1. The van der Waals surface area contributed by atoms with Gasteiger partial charge in [-0.2, -0.15) is 5.26 Å². The van der Waals surface area contributed by atoms with Crippen LogP contribution in [0.4, 0.5) is 5.69 Å².